The molecule has 1 aliphatic heterocycles. The molecular weight excluding hydrogens is 238 g/mol. The van der Waals surface area contributed by atoms with Crippen molar-refractivity contribution in [1.82, 2.24) is 0 Å². The molecule has 0 saturated heterocycles. The van der Waals surface area contributed by atoms with E-state index in [2.05, 4.69) is 5.32 Å². The van der Waals surface area contributed by atoms with Crippen molar-refractivity contribution < 1.29 is 24.2 Å². The largest absolute Gasteiger partial charge is 0.481 e. The maximum atomic E-state index is 11.6. The van der Waals surface area contributed by atoms with E-state index in [1.807, 2.05) is 0 Å². The molecule has 0 spiro atoms. The minimum atomic E-state index is -1.19. The fourth-order valence-corrected chi connectivity index (χ4v) is 1.62. The number of hydrogen-bond donors (Lipinski definition) is 2. The van der Waals surface area contributed by atoms with Gasteiger partial charge in [-0.25, -0.2) is 0 Å². The number of ether oxygens (including phenoxy) is 1. The predicted molar refractivity (Wildman–Crippen MR) is 61.7 cm³/mol. The highest BCUT2D eigenvalue weighted by Gasteiger charge is 2.24. The quantitative estimate of drug-likeness (QED) is 0.617. The zero-order valence-corrected chi connectivity index (χ0v) is 9.60. The summed E-state index contributed by atoms with van der Waals surface area (Å²) in [6.07, 6.45) is -1.16. The number of carbonyl (C=O) groups excluding carboxylic acids is 2. The van der Waals surface area contributed by atoms with Crippen LogP contribution >= 0.6 is 0 Å². The van der Waals surface area contributed by atoms with Gasteiger partial charge in [0, 0.05) is 5.56 Å². The number of fused-ring (bicyclic) bond motifs is 1. The molecule has 1 aliphatic rings. The summed E-state index contributed by atoms with van der Waals surface area (Å²) in [5.41, 5.74) is 0.615. The van der Waals surface area contributed by atoms with E-state index in [0.29, 0.717) is 11.4 Å². The monoisotopic (exact) mass is 249 g/mol. The van der Waals surface area contributed by atoms with Crippen LogP contribution in [0, 0.1) is 0 Å². The van der Waals surface area contributed by atoms with E-state index in [4.69, 9.17) is 9.84 Å². The van der Waals surface area contributed by atoms with Crippen molar-refractivity contribution in [3.63, 3.8) is 0 Å². The van der Waals surface area contributed by atoms with E-state index in [1.54, 1.807) is 13.0 Å². The standard InChI is InChI=1S/C12H11NO5/c1-6-12(17)13-8-4-7(2-3-10(8)18-6)9(14)5-11(15)16/h2-4,6H,5H2,1H3,(H,13,17)(H,15,16). The third-order valence-electron chi connectivity index (χ3n) is 2.54. The van der Waals surface area contributed by atoms with Gasteiger partial charge in [0.25, 0.3) is 5.91 Å². The maximum Gasteiger partial charge on any atom is 0.311 e. The Balaban J connectivity index is 2.27. The Kier molecular flexibility index (Phi) is 3.01. The van der Waals surface area contributed by atoms with Crippen molar-refractivity contribution in [3.8, 4) is 5.75 Å². The van der Waals surface area contributed by atoms with Crippen LogP contribution in [-0.4, -0.2) is 28.9 Å². The van der Waals surface area contributed by atoms with E-state index in [9.17, 15) is 14.4 Å². The van der Waals surface area contributed by atoms with Crippen molar-refractivity contribution in [2.75, 3.05) is 5.32 Å². The molecule has 1 heterocycles. The van der Waals surface area contributed by atoms with Gasteiger partial charge in [0.15, 0.2) is 11.9 Å². The summed E-state index contributed by atoms with van der Waals surface area (Å²) >= 11 is 0. The predicted octanol–water partition coefficient (Wildman–Crippen LogP) is 1.06. The van der Waals surface area contributed by atoms with Crippen LogP contribution in [0.2, 0.25) is 0 Å². The number of aliphatic carboxylic acids is 1. The summed E-state index contributed by atoms with van der Waals surface area (Å²) in [7, 11) is 0. The molecule has 2 rings (SSSR count). The van der Waals surface area contributed by atoms with Crippen molar-refractivity contribution in [1.29, 1.82) is 0 Å². The van der Waals surface area contributed by atoms with E-state index >= 15 is 0 Å². The number of rotatable bonds is 3. The van der Waals surface area contributed by atoms with Crippen LogP contribution in [0.3, 0.4) is 0 Å². The fourth-order valence-electron chi connectivity index (χ4n) is 1.62. The van der Waals surface area contributed by atoms with Crippen molar-refractivity contribution in [3.05, 3.63) is 23.8 Å². The first-order valence-electron chi connectivity index (χ1n) is 5.34. The van der Waals surface area contributed by atoms with E-state index in [1.165, 1.54) is 12.1 Å². The number of Topliss-reactive ketones (excluding diaryl/α,β-unsaturated/α-hetero) is 1. The maximum absolute atomic E-state index is 11.6. The molecule has 1 aromatic rings. The minimum Gasteiger partial charge on any atom is -0.481 e. The highest BCUT2D eigenvalue weighted by Crippen LogP contribution is 2.30. The molecule has 0 aromatic heterocycles. The highest BCUT2D eigenvalue weighted by molar-refractivity contribution is 6.07. The van der Waals surface area contributed by atoms with E-state index < -0.39 is 24.3 Å². The molecular formula is C12H11NO5. The first-order valence-corrected chi connectivity index (χ1v) is 5.34. The van der Waals surface area contributed by atoms with Crippen molar-refractivity contribution in [2.45, 2.75) is 19.4 Å². The fraction of sp³-hybridized carbons (Fsp3) is 0.250. The molecule has 1 amide bonds. The Labute approximate surface area is 103 Å². The van der Waals surface area contributed by atoms with E-state index in [0.717, 1.165) is 0 Å². The first kappa shape index (κ1) is 12.1. The molecule has 1 aromatic carbocycles. The Morgan fingerprint density at radius 3 is 2.83 bits per heavy atom. The van der Waals surface area contributed by atoms with Crippen LogP contribution in [0.1, 0.15) is 23.7 Å². The van der Waals surface area contributed by atoms with Crippen LogP contribution in [0.4, 0.5) is 5.69 Å². The number of benzene rings is 1. The number of carboxylic acid groups (broad SMARTS) is 1. The zero-order valence-electron chi connectivity index (χ0n) is 9.60. The second-order valence-electron chi connectivity index (χ2n) is 3.95. The number of hydrogen-bond acceptors (Lipinski definition) is 4. The van der Waals surface area contributed by atoms with Gasteiger partial charge in [0.05, 0.1) is 5.69 Å². The van der Waals surface area contributed by atoms with Crippen LogP contribution in [0.5, 0.6) is 5.75 Å². The van der Waals surface area contributed by atoms with Gasteiger partial charge < -0.3 is 15.2 Å². The third-order valence-corrected chi connectivity index (χ3v) is 2.54. The Morgan fingerprint density at radius 2 is 2.17 bits per heavy atom. The van der Waals surface area contributed by atoms with Crippen LogP contribution in [-0.2, 0) is 9.59 Å². The van der Waals surface area contributed by atoms with Crippen molar-refractivity contribution >= 4 is 23.3 Å². The van der Waals surface area contributed by atoms with Gasteiger partial charge in [-0.3, -0.25) is 14.4 Å². The number of amides is 1. The van der Waals surface area contributed by atoms with Crippen LogP contribution in [0.15, 0.2) is 18.2 Å². The topological polar surface area (TPSA) is 92.7 Å². The summed E-state index contributed by atoms with van der Waals surface area (Å²) in [5.74, 6) is -1.54. The second-order valence-corrected chi connectivity index (χ2v) is 3.95. The molecule has 1 unspecified atom stereocenters. The van der Waals surface area contributed by atoms with Gasteiger partial charge in [0.2, 0.25) is 0 Å². The Morgan fingerprint density at radius 1 is 1.44 bits per heavy atom. The lowest BCUT2D eigenvalue weighted by molar-refractivity contribution is -0.136. The molecule has 0 bridgehead atoms. The molecule has 0 saturated carbocycles. The van der Waals surface area contributed by atoms with Crippen molar-refractivity contribution in [2.24, 2.45) is 0 Å². The minimum absolute atomic E-state index is 0.231. The number of ketones is 1. The molecule has 0 fully saturated rings. The lowest BCUT2D eigenvalue weighted by atomic mass is 10.1. The molecule has 2 N–H and O–H groups in total. The smallest absolute Gasteiger partial charge is 0.311 e. The van der Waals surface area contributed by atoms with Gasteiger partial charge in [-0.1, -0.05) is 0 Å². The SMILES string of the molecule is CC1Oc2ccc(C(=O)CC(=O)O)cc2NC1=O. The lowest BCUT2D eigenvalue weighted by Crippen LogP contribution is -2.34. The van der Waals surface area contributed by atoms with Crippen LogP contribution in [0.25, 0.3) is 0 Å². The average molecular weight is 249 g/mol. The summed E-state index contributed by atoms with van der Waals surface area (Å²) in [6.45, 7) is 1.61. The molecule has 0 aliphatic carbocycles. The van der Waals surface area contributed by atoms with Gasteiger partial charge in [-0.2, -0.15) is 0 Å². The van der Waals surface area contributed by atoms with Crippen LogP contribution < -0.4 is 10.1 Å². The number of carbonyl (C=O) groups is 3. The number of anilines is 1. The third kappa shape index (κ3) is 2.32. The summed E-state index contributed by atoms with van der Waals surface area (Å²) in [6, 6.07) is 4.44. The molecule has 6 heteroatoms. The molecule has 18 heavy (non-hydrogen) atoms. The first-order chi connectivity index (χ1) is 8.47. The van der Waals surface area contributed by atoms with Gasteiger partial charge >= 0.3 is 5.97 Å². The molecule has 0 radical (unpaired) electrons. The van der Waals surface area contributed by atoms with Gasteiger partial charge in [-0.15, -0.1) is 0 Å². The second kappa shape index (κ2) is 4.48. The molecule has 94 valence electrons. The normalized spacial score (nSPS) is 17.4. The summed E-state index contributed by atoms with van der Waals surface area (Å²) in [4.78, 5) is 33.4. The average Bonchev–Trinajstić information content (AvgIpc) is 2.29. The lowest BCUT2D eigenvalue weighted by Gasteiger charge is -2.23. The number of nitrogens with one attached hydrogen (secondary N) is 1. The summed E-state index contributed by atoms with van der Waals surface area (Å²) in [5, 5.41) is 11.1. The Hall–Kier alpha value is -2.37. The van der Waals surface area contributed by atoms with Gasteiger partial charge in [-0.05, 0) is 25.1 Å². The van der Waals surface area contributed by atoms with Gasteiger partial charge in [0.1, 0.15) is 12.2 Å². The number of carboxylic acids is 1. The molecule has 1 atom stereocenters. The van der Waals surface area contributed by atoms with E-state index in [-0.39, 0.29) is 11.5 Å². The molecule has 6 nitrogen and oxygen atoms in total. The zero-order chi connectivity index (χ0) is 13.3. The Bertz CT molecular complexity index is 537. The summed E-state index contributed by atoms with van der Waals surface area (Å²) < 4.78 is 5.32. The highest BCUT2D eigenvalue weighted by atomic mass is 16.5.